The van der Waals surface area contributed by atoms with Crippen LogP contribution in [0.2, 0.25) is 0 Å². The van der Waals surface area contributed by atoms with Crippen LogP contribution >= 0.6 is 0 Å². The molecule has 0 aliphatic carbocycles. The number of alkyl halides is 3. The van der Waals surface area contributed by atoms with Gasteiger partial charge in [0.1, 0.15) is 5.82 Å². The molecule has 0 spiro atoms. The lowest BCUT2D eigenvalue weighted by Gasteiger charge is -2.23. The molecule has 2 N–H and O–H groups in total. The summed E-state index contributed by atoms with van der Waals surface area (Å²) in [6, 6.07) is 14.7. The van der Waals surface area contributed by atoms with E-state index in [1.165, 1.54) is 12.1 Å². The number of aryl methyl sites for hydroxylation is 2. The molecule has 0 bridgehead atoms. The number of para-hydroxylation sites is 1. The number of nitrogens with one attached hydrogen (secondary N) is 2. The van der Waals surface area contributed by atoms with E-state index in [1.54, 1.807) is 12.3 Å². The average molecular weight is 498 g/mol. The first kappa shape index (κ1) is 25.5. The summed E-state index contributed by atoms with van der Waals surface area (Å²) in [6.45, 7) is 7.39. The molecule has 2 aromatic carbocycles. The molecule has 0 radical (unpaired) electrons. The molecule has 4 rings (SSSR count). The van der Waals surface area contributed by atoms with Gasteiger partial charge in [0.25, 0.3) is 0 Å². The highest BCUT2D eigenvalue weighted by Crippen LogP contribution is 2.30. The van der Waals surface area contributed by atoms with Crippen LogP contribution in [0.4, 0.5) is 35.2 Å². The summed E-state index contributed by atoms with van der Waals surface area (Å²) in [5, 5.41) is 5.71. The van der Waals surface area contributed by atoms with Crippen LogP contribution < -0.4 is 15.5 Å². The topological polar surface area (TPSA) is 60.5 Å². The average Bonchev–Trinajstić information content (AvgIpc) is 3.07. The summed E-state index contributed by atoms with van der Waals surface area (Å²) in [6.07, 6.45) is -1.83. The molecule has 3 aromatic rings. The van der Waals surface area contributed by atoms with E-state index >= 15 is 0 Å². The van der Waals surface area contributed by atoms with Crippen LogP contribution in [0.3, 0.4) is 0 Å². The number of anilines is 3. The molecular weight excluding hydrogens is 467 g/mol. The van der Waals surface area contributed by atoms with Crippen molar-refractivity contribution in [3.05, 3.63) is 83.0 Å². The number of carbonyl (C=O) groups excluding carboxylic acids is 1. The van der Waals surface area contributed by atoms with Crippen LogP contribution in [-0.2, 0) is 12.7 Å². The lowest BCUT2D eigenvalue weighted by molar-refractivity contribution is -0.137. The largest absolute Gasteiger partial charge is 0.416 e. The number of hydrogen-bond acceptors (Lipinski definition) is 4. The molecule has 0 atom stereocenters. The molecule has 6 nitrogen and oxygen atoms in total. The zero-order chi connectivity index (χ0) is 25.7. The SMILES string of the molecule is Cc1cccc(C)c1NC(=O)Nc1ccc(N2CCCN(Cc3cccc(C(F)(F)F)c3)CC2)nc1. The zero-order valence-corrected chi connectivity index (χ0v) is 20.4. The van der Waals surface area contributed by atoms with Crippen molar-refractivity contribution in [2.75, 3.05) is 41.7 Å². The Hall–Kier alpha value is -3.59. The molecule has 1 aliphatic heterocycles. The Morgan fingerprint density at radius 1 is 0.944 bits per heavy atom. The molecule has 1 aliphatic rings. The first-order valence-corrected chi connectivity index (χ1v) is 11.9. The predicted octanol–water partition coefficient (Wildman–Crippen LogP) is 6.07. The van der Waals surface area contributed by atoms with Gasteiger partial charge in [0.2, 0.25) is 0 Å². The molecule has 190 valence electrons. The van der Waals surface area contributed by atoms with Gasteiger partial charge in [-0.1, -0.05) is 36.4 Å². The van der Waals surface area contributed by atoms with E-state index < -0.39 is 11.7 Å². The lowest BCUT2D eigenvalue weighted by Crippen LogP contribution is -2.31. The molecule has 2 amide bonds. The third kappa shape index (κ3) is 6.54. The smallest absolute Gasteiger partial charge is 0.355 e. The van der Waals surface area contributed by atoms with Crippen molar-refractivity contribution in [2.24, 2.45) is 0 Å². The fraction of sp³-hybridized carbons (Fsp3) is 0.333. The zero-order valence-electron chi connectivity index (χ0n) is 20.4. The molecule has 0 saturated carbocycles. The van der Waals surface area contributed by atoms with Gasteiger partial charge in [-0.15, -0.1) is 0 Å². The number of pyridine rings is 1. The quantitative estimate of drug-likeness (QED) is 0.449. The number of halogens is 3. The van der Waals surface area contributed by atoms with Crippen molar-refractivity contribution in [3.8, 4) is 0 Å². The Morgan fingerprint density at radius 3 is 2.39 bits per heavy atom. The van der Waals surface area contributed by atoms with Crippen molar-refractivity contribution in [3.63, 3.8) is 0 Å². The number of aromatic nitrogens is 1. The summed E-state index contributed by atoms with van der Waals surface area (Å²) < 4.78 is 39.1. The van der Waals surface area contributed by atoms with Gasteiger partial charge >= 0.3 is 12.2 Å². The number of hydrogen-bond donors (Lipinski definition) is 2. The minimum absolute atomic E-state index is 0.332. The van der Waals surface area contributed by atoms with Gasteiger partial charge < -0.3 is 15.5 Å². The molecule has 0 unspecified atom stereocenters. The highest BCUT2D eigenvalue weighted by atomic mass is 19.4. The summed E-state index contributed by atoms with van der Waals surface area (Å²) in [5.41, 5.74) is 3.40. The molecular formula is C27H30F3N5O. The van der Waals surface area contributed by atoms with Crippen molar-refractivity contribution in [1.29, 1.82) is 0 Å². The second kappa shape index (κ2) is 11.0. The van der Waals surface area contributed by atoms with Crippen LogP contribution in [0, 0.1) is 13.8 Å². The highest BCUT2D eigenvalue weighted by molar-refractivity contribution is 6.00. The molecule has 2 heterocycles. The number of carbonyl (C=O) groups is 1. The van der Waals surface area contributed by atoms with Crippen LogP contribution in [0.15, 0.2) is 60.8 Å². The van der Waals surface area contributed by atoms with Gasteiger partial charge in [0, 0.05) is 38.4 Å². The van der Waals surface area contributed by atoms with Gasteiger partial charge in [0.15, 0.2) is 0 Å². The van der Waals surface area contributed by atoms with E-state index in [0.29, 0.717) is 24.3 Å². The summed E-state index contributed by atoms with van der Waals surface area (Å²) in [7, 11) is 0. The van der Waals surface area contributed by atoms with Crippen molar-refractivity contribution in [1.82, 2.24) is 9.88 Å². The minimum atomic E-state index is -4.33. The van der Waals surface area contributed by atoms with Crippen LogP contribution in [0.1, 0.15) is 28.7 Å². The van der Waals surface area contributed by atoms with Crippen LogP contribution in [0.25, 0.3) is 0 Å². The molecule has 1 fully saturated rings. The van der Waals surface area contributed by atoms with Crippen LogP contribution in [-0.4, -0.2) is 42.1 Å². The fourth-order valence-corrected chi connectivity index (χ4v) is 4.40. The summed E-state index contributed by atoms with van der Waals surface area (Å²) >= 11 is 0. The van der Waals surface area contributed by atoms with Gasteiger partial charge in [0.05, 0.1) is 17.4 Å². The van der Waals surface area contributed by atoms with Gasteiger partial charge in [-0.25, -0.2) is 9.78 Å². The Kier molecular flexibility index (Phi) is 7.79. The lowest BCUT2D eigenvalue weighted by atomic mass is 10.1. The minimum Gasteiger partial charge on any atom is -0.355 e. The first-order chi connectivity index (χ1) is 17.2. The van der Waals surface area contributed by atoms with Crippen LogP contribution in [0.5, 0.6) is 0 Å². The van der Waals surface area contributed by atoms with E-state index in [0.717, 1.165) is 54.8 Å². The number of rotatable bonds is 5. The number of nitrogens with zero attached hydrogens (tertiary/aromatic N) is 3. The van der Waals surface area contributed by atoms with Crippen molar-refractivity contribution >= 4 is 23.2 Å². The molecule has 1 aromatic heterocycles. The second-order valence-corrected chi connectivity index (χ2v) is 9.07. The molecule has 1 saturated heterocycles. The Labute approximate surface area is 209 Å². The fourth-order valence-electron chi connectivity index (χ4n) is 4.40. The molecule has 9 heteroatoms. The highest BCUT2D eigenvalue weighted by Gasteiger charge is 2.30. The van der Waals surface area contributed by atoms with E-state index in [9.17, 15) is 18.0 Å². The Balaban J connectivity index is 1.32. The predicted molar refractivity (Wildman–Crippen MR) is 136 cm³/mol. The van der Waals surface area contributed by atoms with Gasteiger partial charge in [-0.2, -0.15) is 13.2 Å². The van der Waals surface area contributed by atoms with E-state index in [1.807, 2.05) is 44.2 Å². The summed E-state index contributed by atoms with van der Waals surface area (Å²) in [4.78, 5) is 21.3. The van der Waals surface area contributed by atoms with Crippen molar-refractivity contribution in [2.45, 2.75) is 33.0 Å². The maximum Gasteiger partial charge on any atom is 0.416 e. The number of benzene rings is 2. The van der Waals surface area contributed by atoms with E-state index in [4.69, 9.17) is 0 Å². The normalized spacial score (nSPS) is 14.9. The van der Waals surface area contributed by atoms with Crippen molar-refractivity contribution < 1.29 is 18.0 Å². The second-order valence-electron chi connectivity index (χ2n) is 9.07. The monoisotopic (exact) mass is 497 g/mol. The maximum atomic E-state index is 13.0. The van der Waals surface area contributed by atoms with Gasteiger partial charge in [-0.3, -0.25) is 4.90 Å². The van der Waals surface area contributed by atoms with Gasteiger partial charge in [-0.05, 0) is 55.2 Å². The van der Waals surface area contributed by atoms with E-state index in [-0.39, 0.29) is 6.03 Å². The Morgan fingerprint density at radius 2 is 1.69 bits per heavy atom. The first-order valence-electron chi connectivity index (χ1n) is 11.9. The standard InChI is InChI=1S/C27H30F3N5O/c1-19-6-3-7-20(2)25(19)33-26(36)32-23-10-11-24(31-17-23)35-13-5-12-34(14-15-35)18-21-8-4-9-22(16-21)27(28,29)30/h3-4,6-11,16-17H,5,12-15,18H2,1-2H3,(H2,32,33,36). The third-order valence-electron chi connectivity index (χ3n) is 6.30. The third-order valence-corrected chi connectivity index (χ3v) is 6.30. The number of amides is 2. The van der Waals surface area contributed by atoms with E-state index in [2.05, 4.69) is 25.4 Å². The summed E-state index contributed by atoms with van der Waals surface area (Å²) in [5.74, 6) is 0.802. The number of urea groups is 1. The Bertz CT molecular complexity index is 1180. The maximum absolute atomic E-state index is 13.0. The molecule has 36 heavy (non-hydrogen) atoms.